The average Bonchev–Trinajstić information content (AvgIpc) is 2.48. The standard InChI is InChI=1S/C18H22O3/c1-12-14(11-15(20-4)16(19)17(12)21-5)18(2,3)13-9-7-6-8-10-13/h6-11,19H,1-5H3. The van der Waals surface area contributed by atoms with E-state index in [1.807, 2.05) is 31.2 Å². The molecule has 0 amide bonds. The summed E-state index contributed by atoms with van der Waals surface area (Å²) in [7, 11) is 3.10. The molecule has 1 N–H and O–H groups in total. The van der Waals surface area contributed by atoms with Gasteiger partial charge in [0.1, 0.15) is 0 Å². The van der Waals surface area contributed by atoms with Crippen molar-refractivity contribution in [2.24, 2.45) is 0 Å². The lowest BCUT2D eigenvalue weighted by Gasteiger charge is -2.29. The SMILES string of the molecule is COc1cc(C(C)(C)c2ccccc2)c(C)c(OC)c1O. The lowest BCUT2D eigenvalue weighted by molar-refractivity contribution is 0.336. The second kappa shape index (κ2) is 5.68. The molecule has 21 heavy (non-hydrogen) atoms. The summed E-state index contributed by atoms with van der Waals surface area (Å²) in [5.41, 5.74) is 2.97. The van der Waals surface area contributed by atoms with Crippen LogP contribution < -0.4 is 9.47 Å². The minimum Gasteiger partial charge on any atom is -0.502 e. The number of hydrogen-bond acceptors (Lipinski definition) is 3. The monoisotopic (exact) mass is 286 g/mol. The maximum Gasteiger partial charge on any atom is 0.201 e. The molecule has 0 aliphatic carbocycles. The van der Waals surface area contributed by atoms with E-state index in [2.05, 4.69) is 26.0 Å². The Morgan fingerprint density at radius 2 is 1.62 bits per heavy atom. The molecule has 2 rings (SSSR count). The molecule has 0 aliphatic rings. The van der Waals surface area contributed by atoms with Crippen LogP contribution in [-0.2, 0) is 5.41 Å². The molecule has 0 atom stereocenters. The van der Waals surface area contributed by atoms with Crippen LogP contribution >= 0.6 is 0 Å². The molecule has 0 aromatic heterocycles. The van der Waals surface area contributed by atoms with Crippen LogP contribution in [-0.4, -0.2) is 19.3 Å². The number of benzene rings is 2. The van der Waals surface area contributed by atoms with Gasteiger partial charge in [-0.1, -0.05) is 44.2 Å². The van der Waals surface area contributed by atoms with Crippen molar-refractivity contribution in [1.82, 2.24) is 0 Å². The summed E-state index contributed by atoms with van der Waals surface area (Å²) in [5.74, 6) is 0.940. The van der Waals surface area contributed by atoms with Gasteiger partial charge < -0.3 is 14.6 Å². The molecule has 0 saturated heterocycles. The van der Waals surface area contributed by atoms with Gasteiger partial charge in [-0.15, -0.1) is 0 Å². The summed E-state index contributed by atoms with van der Waals surface area (Å²) in [4.78, 5) is 0. The van der Waals surface area contributed by atoms with Crippen molar-refractivity contribution in [2.45, 2.75) is 26.2 Å². The van der Waals surface area contributed by atoms with Gasteiger partial charge in [-0.05, 0) is 29.7 Å². The summed E-state index contributed by atoms with van der Waals surface area (Å²) < 4.78 is 10.6. The van der Waals surface area contributed by atoms with E-state index in [1.165, 1.54) is 5.56 Å². The Morgan fingerprint density at radius 3 is 2.14 bits per heavy atom. The highest BCUT2D eigenvalue weighted by Crippen LogP contribution is 2.45. The fourth-order valence-corrected chi connectivity index (χ4v) is 2.78. The summed E-state index contributed by atoms with van der Waals surface area (Å²) >= 11 is 0. The quantitative estimate of drug-likeness (QED) is 0.921. The van der Waals surface area contributed by atoms with Crippen LogP contribution in [0.5, 0.6) is 17.2 Å². The molecule has 2 aromatic carbocycles. The summed E-state index contributed by atoms with van der Waals surface area (Å²) in [5, 5.41) is 10.2. The lowest BCUT2D eigenvalue weighted by atomic mass is 9.76. The fraction of sp³-hybridized carbons (Fsp3) is 0.333. The molecule has 0 saturated carbocycles. The van der Waals surface area contributed by atoms with Crippen LogP contribution in [0, 0.1) is 6.92 Å². The van der Waals surface area contributed by atoms with Crippen LogP contribution in [0.4, 0.5) is 0 Å². The molecule has 2 aromatic rings. The second-order valence-electron chi connectivity index (χ2n) is 5.62. The van der Waals surface area contributed by atoms with Crippen molar-refractivity contribution in [3.63, 3.8) is 0 Å². The zero-order valence-electron chi connectivity index (χ0n) is 13.2. The molecule has 3 heteroatoms. The first-order chi connectivity index (χ1) is 9.93. The Labute approximate surface area is 126 Å². The predicted octanol–water partition coefficient (Wildman–Crippen LogP) is 4.04. The summed E-state index contributed by atoms with van der Waals surface area (Å²) in [6.07, 6.45) is 0. The minimum atomic E-state index is -0.223. The molecular weight excluding hydrogens is 264 g/mol. The number of hydrogen-bond donors (Lipinski definition) is 1. The highest BCUT2D eigenvalue weighted by Gasteiger charge is 2.29. The van der Waals surface area contributed by atoms with E-state index in [0.717, 1.165) is 11.1 Å². The van der Waals surface area contributed by atoms with Gasteiger partial charge in [-0.2, -0.15) is 0 Å². The maximum atomic E-state index is 10.2. The van der Waals surface area contributed by atoms with E-state index in [4.69, 9.17) is 9.47 Å². The van der Waals surface area contributed by atoms with E-state index in [-0.39, 0.29) is 11.2 Å². The molecule has 0 radical (unpaired) electrons. The molecular formula is C18H22O3. The molecule has 0 fully saturated rings. The van der Waals surface area contributed by atoms with Gasteiger partial charge in [0, 0.05) is 5.41 Å². The van der Waals surface area contributed by atoms with Crippen molar-refractivity contribution >= 4 is 0 Å². The maximum absolute atomic E-state index is 10.2. The van der Waals surface area contributed by atoms with Crippen LogP contribution in [0.2, 0.25) is 0 Å². The summed E-state index contributed by atoms with van der Waals surface area (Å²) in [6.45, 7) is 6.26. The Bertz CT molecular complexity index is 631. The average molecular weight is 286 g/mol. The highest BCUT2D eigenvalue weighted by atomic mass is 16.5. The number of ether oxygens (including phenoxy) is 2. The zero-order valence-corrected chi connectivity index (χ0v) is 13.2. The third kappa shape index (κ3) is 2.56. The van der Waals surface area contributed by atoms with Gasteiger partial charge in [0.05, 0.1) is 14.2 Å². The normalized spacial score (nSPS) is 11.3. The second-order valence-corrected chi connectivity index (χ2v) is 5.62. The Balaban J connectivity index is 2.68. The highest BCUT2D eigenvalue weighted by molar-refractivity contribution is 5.60. The molecule has 3 nitrogen and oxygen atoms in total. The van der Waals surface area contributed by atoms with Crippen LogP contribution in [0.1, 0.15) is 30.5 Å². The predicted molar refractivity (Wildman–Crippen MR) is 84.5 cm³/mol. The first kappa shape index (κ1) is 15.2. The van der Waals surface area contributed by atoms with E-state index in [0.29, 0.717) is 11.5 Å². The first-order valence-corrected chi connectivity index (χ1v) is 6.94. The van der Waals surface area contributed by atoms with Crippen molar-refractivity contribution < 1.29 is 14.6 Å². The third-order valence-electron chi connectivity index (χ3n) is 4.06. The number of phenols is 1. The van der Waals surface area contributed by atoms with E-state index in [1.54, 1.807) is 14.2 Å². The molecule has 0 spiro atoms. The molecule has 0 aliphatic heterocycles. The van der Waals surface area contributed by atoms with Gasteiger partial charge in [-0.3, -0.25) is 0 Å². The van der Waals surface area contributed by atoms with Crippen molar-refractivity contribution in [3.05, 3.63) is 53.1 Å². The van der Waals surface area contributed by atoms with Crippen molar-refractivity contribution in [3.8, 4) is 17.2 Å². The van der Waals surface area contributed by atoms with E-state index < -0.39 is 0 Å². The van der Waals surface area contributed by atoms with Crippen LogP contribution in [0.3, 0.4) is 0 Å². The Hall–Kier alpha value is -2.16. The van der Waals surface area contributed by atoms with Gasteiger partial charge in [0.2, 0.25) is 5.75 Å². The van der Waals surface area contributed by atoms with Gasteiger partial charge in [0.25, 0.3) is 0 Å². The molecule has 0 bridgehead atoms. The topological polar surface area (TPSA) is 38.7 Å². The fourth-order valence-electron chi connectivity index (χ4n) is 2.78. The molecule has 112 valence electrons. The Kier molecular flexibility index (Phi) is 4.12. The van der Waals surface area contributed by atoms with Gasteiger partial charge in [-0.25, -0.2) is 0 Å². The number of phenolic OH excluding ortho intramolecular Hbond substituents is 1. The lowest BCUT2D eigenvalue weighted by Crippen LogP contribution is -2.20. The van der Waals surface area contributed by atoms with Crippen LogP contribution in [0.15, 0.2) is 36.4 Å². The largest absolute Gasteiger partial charge is 0.502 e. The van der Waals surface area contributed by atoms with Gasteiger partial charge in [0.15, 0.2) is 11.5 Å². The molecule has 0 unspecified atom stereocenters. The van der Waals surface area contributed by atoms with Crippen molar-refractivity contribution in [1.29, 1.82) is 0 Å². The number of methoxy groups -OCH3 is 2. The van der Waals surface area contributed by atoms with Gasteiger partial charge >= 0.3 is 0 Å². The zero-order chi connectivity index (χ0) is 15.6. The minimum absolute atomic E-state index is 0.0464. The smallest absolute Gasteiger partial charge is 0.201 e. The number of rotatable bonds is 4. The Morgan fingerprint density at radius 1 is 1.00 bits per heavy atom. The first-order valence-electron chi connectivity index (χ1n) is 6.94. The van der Waals surface area contributed by atoms with E-state index in [9.17, 15) is 5.11 Å². The van der Waals surface area contributed by atoms with Crippen molar-refractivity contribution in [2.75, 3.05) is 14.2 Å². The third-order valence-corrected chi connectivity index (χ3v) is 4.06. The van der Waals surface area contributed by atoms with E-state index >= 15 is 0 Å². The molecule has 0 heterocycles. The van der Waals surface area contributed by atoms with Crippen LogP contribution in [0.25, 0.3) is 0 Å². The summed E-state index contributed by atoms with van der Waals surface area (Å²) in [6, 6.07) is 12.2. The number of aromatic hydroxyl groups is 1.